The van der Waals surface area contributed by atoms with E-state index in [2.05, 4.69) is 10.0 Å². The van der Waals surface area contributed by atoms with Crippen LogP contribution in [0.2, 0.25) is 5.02 Å². The quantitative estimate of drug-likeness (QED) is 0.644. The van der Waals surface area contributed by atoms with Crippen LogP contribution in [0.1, 0.15) is 20.3 Å². The molecule has 0 radical (unpaired) electrons. The van der Waals surface area contributed by atoms with Crippen molar-refractivity contribution in [3.05, 3.63) is 23.2 Å². The summed E-state index contributed by atoms with van der Waals surface area (Å²) in [5, 5.41) is 2.81. The molecule has 0 aliphatic carbocycles. The van der Waals surface area contributed by atoms with Gasteiger partial charge in [0.2, 0.25) is 10.0 Å². The Morgan fingerprint density at radius 1 is 1.38 bits per heavy atom. The lowest BCUT2D eigenvalue weighted by Crippen LogP contribution is -2.38. The number of methoxy groups -OCH3 is 1. The number of halogens is 1. The second-order valence-electron chi connectivity index (χ2n) is 5.20. The van der Waals surface area contributed by atoms with Gasteiger partial charge in [-0.25, -0.2) is 13.1 Å². The molecule has 1 aromatic carbocycles. The molecule has 0 fully saturated rings. The van der Waals surface area contributed by atoms with Gasteiger partial charge in [-0.2, -0.15) is 0 Å². The summed E-state index contributed by atoms with van der Waals surface area (Å²) in [7, 11) is -2.05. The Bertz CT molecular complexity index is 651. The average Bonchev–Trinajstić information content (AvgIpc) is 2.51. The number of hydrogen-bond acceptors (Lipinski definition) is 5. The van der Waals surface area contributed by atoms with Crippen LogP contribution in [0.4, 0.5) is 0 Å². The number of sulfonamides is 1. The normalized spacial score (nSPS) is 12.7. The van der Waals surface area contributed by atoms with E-state index >= 15 is 0 Å². The molecule has 0 unspecified atom stereocenters. The first-order valence-electron chi connectivity index (χ1n) is 7.50. The first-order chi connectivity index (χ1) is 11.3. The third kappa shape index (κ3) is 6.64. The van der Waals surface area contributed by atoms with Gasteiger partial charge in [0, 0.05) is 19.7 Å². The summed E-state index contributed by atoms with van der Waals surface area (Å²) in [5.41, 5.74) is 0. The van der Waals surface area contributed by atoms with Gasteiger partial charge in [0.15, 0.2) is 6.61 Å². The largest absolute Gasteiger partial charge is 0.482 e. The molecule has 1 atom stereocenters. The van der Waals surface area contributed by atoms with Crippen molar-refractivity contribution in [2.75, 3.05) is 26.9 Å². The van der Waals surface area contributed by atoms with Gasteiger partial charge in [-0.1, -0.05) is 18.5 Å². The highest BCUT2D eigenvalue weighted by Gasteiger charge is 2.16. The fourth-order valence-electron chi connectivity index (χ4n) is 1.84. The zero-order valence-electron chi connectivity index (χ0n) is 14.0. The molecule has 7 nitrogen and oxygen atoms in total. The lowest BCUT2D eigenvalue weighted by Gasteiger charge is -2.14. The van der Waals surface area contributed by atoms with Crippen molar-refractivity contribution in [3.8, 4) is 5.75 Å². The summed E-state index contributed by atoms with van der Waals surface area (Å²) in [6, 6.07) is 3.96. The van der Waals surface area contributed by atoms with Crippen LogP contribution < -0.4 is 14.8 Å². The summed E-state index contributed by atoms with van der Waals surface area (Å²) >= 11 is 6.04. The second-order valence-corrected chi connectivity index (χ2v) is 7.38. The van der Waals surface area contributed by atoms with Crippen LogP contribution >= 0.6 is 11.6 Å². The predicted molar refractivity (Wildman–Crippen MR) is 91.9 cm³/mol. The Balaban J connectivity index is 2.67. The predicted octanol–water partition coefficient (Wildman–Crippen LogP) is 1.56. The number of hydrogen-bond donors (Lipinski definition) is 2. The van der Waals surface area contributed by atoms with Crippen LogP contribution in [0.25, 0.3) is 0 Å². The van der Waals surface area contributed by atoms with Crippen LogP contribution in [0, 0.1) is 0 Å². The van der Waals surface area contributed by atoms with E-state index in [1.807, 2.05) is 6.92 Å². The second kappa shape index (κ2) is 9.83. The molecule has 1 aromatic rings. The maximum atomic E-state index is 12.0. The SMILES string of the molecule is CCCNS(=O)(=O)c1ccc(OCC(=O)N[C@@H](C)COC)c(Cl)c1. The van der Waals surface area contributed by atoms with Gasteiger partial charge in [-0.3, -0.25) is 4.79 Å². The molecule has 0 saturated carbocycles. The third-order valence-electron chi connectivity index (χ3n) is 2.94. The topological polar surface area (TPSA) is 93.7 Å². The molecular weight excluding hydrogens is 356 g/mol. The zero-order valence-corrected chi connectivity index (χ0v) is 15.5. The Kier molecular flexibility index (Phi) is 8.47. The average molecular weight is 379 g/mol. The highest BCUT2D eigenvalue weighted by atomic mass is 35.5. The standard InChI is InChI=1S/C15H23ClN2O5S/c1-4-7-17-24(20,21)12-5-6-14(13(16)8-12)23-10-15(19)18-11(2)9-22-3/h5-6,8,11,17H,4,7,9-10H2,1-3H3,(H,18,19)/t11-/m0/s1. The summed E-state index contributed by atoms with van der Waals surface area (Å²) in [4.78, 5) is 11.8. The fourth-order valence-corrected chi connectivity index (χ4v) is 3.30. The maximum absolute atomic E-state index is 12.0. The molecule has 0 aromatic heterocycles. The summed E-state index contributed by atoms with van der Waals surface area (Å²) < 4.78 is 36.7. The van der Waals surface area contributed by atoms with Gasteiger partial charge >= 0.3 is 0 Å². The monoisotopic (exact) mass is 378 g/mol. The van der Waals surface area contributed by atoms with E-state index in [9.17, 15) is 13.2 Å². The van der Waals surface area contributed by atoms with Gasteiger partial charge in [0.1, 0.15) is 5.75 Å². The summed E-state index contributed by atoms with van der Waals surface area (Å²) in [5.74, 6) is -0.0856. The molecule has 0 spiro atoms. The van der Waals surface area contributed by atoms with E-state index in [0.717, 1.165) is 0 Å². The van der Waals surface area contributed by atoms with Gasteiger partial charge in [0.05, 0.1) is 16.5 Å². The van der Waals surface area contributed by atoms with Crippen molar-refractivity contribution >= 4 is 27.5 Å². The molecule has 1 amide bonds. The van der Waals surface area contributed by atoms with Gasteiger partial charge in [-0.05, 0) is 31.5 Å². The minimum absolute atomic E-state index is 0.0477. The molecule has 0 heterocycles. The van der Waals surface area contributed by atoms with E-state index in [-0.39, 0.29) is 34.2 Å². The number of carbonyl (C=O) groups is 1. The number of carbonyl (C=O) groups excluding carboxylic acids is 1. The third-order valence-corrected chi connectivity index (χ3v) is 4.69. The lowest BCUT2D eigenvalue weighted by atomic mass is 10.3. The Labute approximate surface area is 147 Å². The molecule has 0 bridgehead atoms. The van der Waals surface area contributed by atoms with Crippen molar-refractivity contribution in [2.45, 2.75) is 31.2 Å². The van der Waals surface area contributed by atoms with Gasteiger partial charge in [-0.15, -0.1) is 0 Å². The smallest absolute Gasteiger partial charge is 0.258 e. The molecule has 9 heteroatoms. The Morgan fingerprint density at radius 3 is 2.67 bits per heavy atom. The number of ether oxygens (including phenoxy) is 2. The molecule has 24 heavy (non-hydrogen) atoms. The van der Waals surface area contributed by atoms with Crippen molar-refractivity contribution < 1.29 is 22.7 Å². The first-order valence-corrected chi connectivity index (χ1v) is 9.36. The van der Waals surface area contributed by atoms with Gasteiger partial charge < -0.3 is 14.8 Å². The number of benzene rings is 1. The summed E-state index contributed by atoms with van der Waals surface area (Å²) in [6.45, 7) is 4.18. The molecule has 1 rings (SSSR count). The molecule has 2 N–H and O–H groups in total. The number of nitrogens with one attached hydrogen (secondary N) is 2. The fraction of sp³-hybridized carbons (Fsp3) is 0.533. The first kappa shape index (κ1) is 20.7. The minimum atomic E-state index is -3.60. The Morgan fingerprint density at radius 2 is 2.08 bits per heavy atom. The van der Waals surface area contributed by atoms with E-state index in [0.29, 0.717) is 19.6 Å². The number of rotatable bonds is 10. The molecule has 0 aliphatic rings. The molecular formula is C15H23ClN2O5S. The van der Waals surface area contributed by atoms with Crippen molar-refractivity contribution in [3.63, 3.8) is 0 Å². The van der Waals surface area contributed by atoms with E-state index < -0.39 is 10.0 Å². The highest BCUT2D eigenvalue weighted by molar-refractivity contribution is 7.89. The van der Waals surface area contributed by atoms with Crippen LogP contribution in [0.15, 0.2) is 23.1 Å². The molecule has 136 valence electrons. The van der Waals surface area contributed by atoms with Crippen LogP contribution in [0.3, 0.4) is 0 Å². The maximum Gasteiger partial charge on any atom is 0.258 e. The van der Waals surface area contributed by atoms with Crippen molar-refractivity contribution in [1.82, 2.24) is 10.0 Å². The molecule has 0 saturated heterocycles. The van der Waals surface area contributed by atoms with Gasteiger partial charge in [0.25, 0.3) is 5.91 Å². The summed E-state index contributed by atoms with van der Waals surface area (Å²) in [6.07, 6.45) is 0.685. The van der Waals surface area contributed by atoms with Crippen LogP contribution in [-0.4, -0.2) is 47.2 Å². The van der Waals surface area contributed by atoms with Crippen LogP contribution in [0.5, 0.6) is 5.75 Å². The highest BCUT2D eigenvalue weighted by Crippen LogP contribution is 2.27. The molecule has 0 aliphatic heterocycles. The van der Waals surface area contributed by atoms with E-state index in [4.69, 9.17) is 21.1 Å². The lowest BCUT2D eigenvalue weighted by molar-refractivity contribution is -0.124. The van der Waals surface area contributed by atoms with E-state index in [1.54, 1.807) is 14.0 Å². The van der Waals surface area contributed by atoms with Crippen molar-refractivity contribution in [1.29, 1.82) is 0 Å². The Hall–Kier alpha value is -1.35. The van der Waals surface area contributed by atoms with E-state index in [1.165, 1.54) is 18.2 Å². The van der Waals surface area contributed by atoms with Crippen LogP contribution in [-0.2, 0) is 19.6 Å². The number of amides is 1. The minimum Gasteiger partial charge on any atom is -0.482 e. The van der Waals surface area contributed by atoms with Crippen molar-refractivity contribution in [2.24, 2.45) is 0 Å². The zero-order chi connectivity index (χ0) is 18.2.